The van der Waals surface area contributed by atoms with Gasteiger partial charge < -0.3 is 19.9 Å². The van der Waals surface area contributed by atoms with Gasteiger partial charge >= 0.3 is 6.09 Å². The molecule has 0 aromatic heterocycles. The minimum atomic E-state index is -0.391. The number of ether oxygens (including phenoxy) is 1. The molecule has 0 saturated carbocycles. The number of benzene rings is 2. The van der Waals surface area contributed by atoms with Gasteiger partial charge in [-0.3, -0.25) is 9.59 Å². The Bertz CT molecular complexity index is 970. The van der Waals surface area contributed by atoms with E-state index in [1.54, 1.807) is 71.3 Å². The van der Waals surface area contributed by atoms with E-state index in [2.05, 4.69) is 5.32 Å². The maximum atomic E-state index is 13.2. The van der Waals surface area contributed by atoms with Crippen molar-refractivity contribution in [3.05, 3.63) is 76.4 Å². The van der Waals surface area contributed by atoms with Gasteiger partial charge in [-0.1, -0.05) is 48.0 Å². The van der Waals surface area contributed by atoms with Crippen LogP contribution in [0.15, 0.2) is 60.3 Å². The number of halogens is 1. The molecule has 2 aromatic carbocycles. The van der Waals surface area contributed by atoms with Gasteiger partial charge in [0.15, 0.2) is 0 Å². The van der Waals surface area contributed by atoms with Gasteiger partial charge in [-0.05, 0) is 36.8 Å². The van der Waals surface area contributed by atoms with E-state index in [9.17, 15) is 14.4 Å². The Morgan fingerprint density at radius 2 is 1.58 bits per heavy atom. The van der Waals surface area contributed by atoms with Crippen LogP contribution in [0.3, 0.4) is 0 Å². The highest BCUT2D eigenvalue weighted by molar-refractivity contribution is 6.32. The summed E-state index contributed by atoms with van der Waals surface area (Å²) < 4.78 is 5.02. The lowest BCUT2D eigenvalue weighted by Gasteiger charge is -2.34. The number of hydrogen-bond acceptors (Lipinski definition) is 4. The second-order valence-corrected chi connectivity index (χ2v) is 7.29. The first-order valence-corrected chi connectivity index (χ1v) is 10.4. The topological polar surface area (TPSA) is 79.0 Å². The first-order valence-electron chi connectivity index (χ1n) is 10.0. The van der Waals surface area contributed by atoms with Gasteiger partial charge in [0.05, 0.1) is 6.61 Å². The highest BCUT2D eigenvalue weighted by Gasteiger charge is 2.27. The van der Waals surface area contributed by atoms with Crippen LogP contribution in [-0.4, -0.2) is 60.5 Å². The van der Waals surface area contributed by atoms with E-state index < -0.39 is 5.91 Å². The third kappa shape index (κ3) is 5.86. The molecule has 1 N–H and O–H groups in total. The Hall–Kier alpha value is -3.32. The lowest BCUT2D eigenvalue weighted by molar-refractivity contribution is -0.128. The average Bonchev–Trinajstić information content (AvgIpc) is 2.80. The number of rotatable bonds is 5. The molecular formula is C23H24ClN3O4. The second-order valence-electron chi connectivity index (χ2n) is 6.88. The number of nitrogens with zero attached hydrogens (tertiary/aromatic N) is 2. The first kappa shape index (κ1) is 22.4. The van der Waals surface area contributed by atoms with Crippen molar-refractivity contribution in [1.82, 2.24) is 15.1 Å². The van der Waals surface area contributed by atoms with Crippen LogP contribution in [0.5, 0.6) is 0 Å². The van der Waals surface area contributed by atoms with Crippen molar-refractivity contribution < 1.29 is 19.1 Å². The highest BCUT2D eigenvalue weighted by atomic mass is 35.5. The smallest absolute Gasteiger partial charge is 0.409 e. The fourth-order valence-corrected chi connectivity index (χ4v) is 3.35. The summed E-state index contributed by atoms with van der Waals surface area (Å²) >= 11 is 6.26. The molecule has 1 aliphatic heterocycles. The molecule has 162 valence electrons. The number of hydrogen-bond donors (Lipinski definition) is 1. The van der Waals surface area contributed by atoms with Gasteiger partial charge in [0.1, 0.15) is 5.70 Å². The SMILES string of the molecule is CCOC(=O)N1CCN(C(=O)C(=Cc2ccccc2Cl)NC(=O)c2ccccc2)CC1. The summed E-state index contributed by atoms with van der Waals surface area (Å²) in [5, 5.41) is 3.19. The molecule has 1 fully saturated rings. The van der Waals surface area contributed by atoms with Crippen molar-refractivity contribution in [2.24, 2.45) is 0 Å². The molecule has 31 heavy (non-hydrogen) atoms. The summed E-state index contributed by atoms with van der Waals surface area (Å²) in [5.41, 5.74) is 1.17. The van der Waals surface area contributed by atoms with Gasteiger partial charge in [0, 0.05) is 36.8 Å². The summed E-state index contributed by atoms with van der Waals surface area (Å²) in [5.74, 6) is -0.731. The Labute approximate surface area is 186 Å². The molecule has 0 radical (unpaired) electrons. The zero-order valence-corrected chi connectivity index (χ0v) is 18.0. The summed E-state index contributed by atoms with van der Waals surface area (Å²) in [4.78, 5) is 41.0. The number of nitrogens with one attached hydrogen (secondary N) is 1. The average molecular weight is 442 g/mol. The van der Waals surface area contributed by atoms with Crippen molar-refractivity contribution in [1.29, 1.82) is 0 Å². The van der Waals surface area contributed by atoms with E-state index in [1.165, 1.54) is 0 Å². The molecule has 0 spiro atoms. The van der Waals surface area contributed by atoms with Gasteiger partial charge in [-0.25, -0.2) is 4.79 Å². The highest BCUT2D eigenvalue weighted by Crippen LogP contribution is 2.19. The van der Waals surface area contributed by atoms with Crippen LogP contribution in [0.2, 0.25) is 5.02 Å². The summed E-state index contributed by atoms with van der Waals surface area (Å²) in [6.07, 6.45) is 1.18. The number of carbonyl (C=O) groups excluding carboxylic acids is 3. The third-order valence-corrected chi connectivity index (χ3v) is 5.16. The van der Waals surface area contributed by atoms with Crippen molar-refractivity contribution in [2.45, 2.75) is 6.92 Å². The monoisotopic (exact) mass is 441 g/mol. The number of piperazine rings is 1. The molecule has 1 saturated heterocycles. The molecule has 3 amide bonds. The molecule has 7 nitrogen and oxygen atoms in total. The zero-order chi connectivity index (χ0) is 22.2. The van der Waals surface area contributed by atoms with Crippen LogP contribution in [0.25, 0.3) is 6.08 Å². The molecule has 0 unspecified atom stereocenters. The van der Waals surface area contributed by atoms with Crippen molar-refractivity contribution in [3.63, 3.8) is 0 Å². The molecule has 8 heteroatoms. The van der Waals surface area contributed by atoms with E-state index in [4.69, 9.17) is 16.3 Å². The van der Waals surface area contributed by atoms with Crippen LogP contribution in [0.4, 0.5) is 4.79 Å². The number of amides is 3. The summed E-state index contributed by atoms with van der Waals surface area (Å²) in [6, 6.07) is 15.7. The second kappa shape index (κ2) is 10.6. The van der Waals surface area contributed by atoms with Gasteiger partial charge in [0.2, 0.25) is 0 Å². The van der Waals surface area contributed by atoms with Crippen LogP contribution in [0.1, 0.15) is 22.8 Å². The third-order valence-electron chi connectivity index (χ3n) is 4.81. The lowest BCUT2D eigenvalue weighted by Crippen LogP contribution is -2.52. The predicted molar refractivity (Wildman–Crippen MR) is 119 cm³/mol. The van der Waals surface area contributed by atoms with E-state index in [0.717, 1.165) is 0 Å². The maximum Gasteiger partial charge on any atom is 0.409 e. The first-order chi connectivity index (χ1) is 15.0. The minimum absolute atomic E-state index is 0.117. The molecule has 0 atom stereocenters. The Kier molecular flexibility index (Phi) is 7.67. The largest absolute Gasteiger partial charge is 0.450 e. The van der Waals surface area contributed by atoms with E-state index in [0.29, 0.717) is 48.9 Å². The fourth-order valence-electron chi connectivity index (χ4n) is 3.16. The zero-order valence-electron chi connectivity index (χ0n) is 17.2. The molecule has 1 aliphatic rings. The van der Waals surface area contributed by atoms with Crippen LogP contribution < -0.4 is 5.32 Å². The Balaban J connectivity index is 1.79. The summed E-state index contributed by atoms with van der Waals surface area (Å²) in [6.45, 7) is 3.43. The van der Waals surface area contributed by atoms with E-state index in [1.807, 2.05) is 6.07 Å². The van der Waals surface area contributed by atoms with Gasteiger partial charge in [-0.15, -0.1) is 0 Å². The van der Waals surface area contributed by atoms with Gasteiger partial charge in [0.25, 0.3) is 11.8 Å². The van der Waals surface area contributed by atoms with Crippen LogP contribution in [0, 0.1) is 0 Å². The van der Waals surface area contributed by atoms with Crippen LogP contribution >= 0.6 is 11.6 Å². The summed E-state index contributed by atoms with van der Waals surface area (Å²) in [7, 11) is 0. The van der Waals surface area contributed by atoms with Gasteiger partial charge in [-0.2, -0.15) is 0 Å². The minimum Gasteiger partial charge on any atom is -0.450 e. The van der Waals surface area contributed by atoms with E-state index in [-0.39, 0.29) is 17.7 Å². The quantitative estimate of drug-likeness (QED) is 0.721. The maximum absolute atomic E-state index is 13.2. The number of carbonyl (C=O) groups is 3. The molecule has 3 rings (SSSR count). The normalized spacial score (nSPS) is 14.2. The van der Waals surface area contributed by atoms with Crippen molar-refractivity contribution in [3.8, 4) is 0 Å². The molecule has 0 aliphatic carbocycles. The Morgan fingerprint density at radius 1 is 0.968 bits per heavy atom. The van der Waals surface area contributed by atoms with E-state index >= 15 is 0 Å². The van der Waals surface area contributed by atoms with Crippen LogP contribution in [-0.2, 0) is 9.53 Å². The lowest BCUT2D eigenvalue weighted by atomic mass is 10.1. The molecular weight excluding hydrogens is 418 g/mol. The molecule has 2 aromatic rings. The predicted octanol–water partition coefficient (Wildman–Crippen LogP) is 3.41. The standard InChI is InChI=1S/C23H24ClN3O4/c1-2-31-23(30)27-14-12-26(13-15-27)22(29)20(16-18-10-6-7-11-19(18)24)25-21(28)17-8-4-3-5-9-17/h3-11,16H,2,12-15H2,1H3,(H,25,28). The Morgan fingerprint density at radius 3 is 2.23 bits per heavy atom. The molecule has 1 heterocycles. The van der Waals surface area contributed by atoms with Crippen molar-refractivity contribution >= 4 is 35.6 Å². The molecule has 0 bridgehead atoms. The fraction of sp³-hybridized carbons (Fsp3) is 0.261. The van der Waals surface area contributed by atoms with Crippen molar-refractivity contribution in [2.75, 3.05) is 32.8 Å².